The minimum atomic E-state index is -0.300. The van der Waals surface area contributed by atoms with Crippen molar-refractivity contribution < 1.29 is 14.3 Å². The van der Waals surface area contributed by atoms with Gasteiger partial charge in [-0.3, -0.25) is 4.79 Å². The van der Waals surface area contributed by atoms with Crippen molar-refractivity contribution in [3.63, 3.8) is 0 Å². The monoisotopic (exact) mass is 253 g/mol. The molecule has 0 fully saturated rings. The topological polar surface area (TPSA) is 62.5 Å². The number of hydrogen-bond acceptors (Lipinski definition) is 3. The molecule has 0 unspecified atom stereocenters. The molecule has 4 nitrogen and oxygen atoms in total. The first kappa shape index (κ1) is 12.0. The van der Waals surface area contributed by atoms with E-state index in [0.717, 1.165) is 5.39 Å². The van der Waals surface area contributed by atoms with Gasteiger partial charge in [-0.1, -0.05) is 23.7 Å². The van der Waals surface area contributed by atoms with Crippen LogP contribution in [0, 0.1) is 0 Å². The Bertz CT molecular complexity index is 536. The first-order valence-corrected chi connectivity index (χ1v) is 5.67. The van der Waals surface area contributed by atoms with Crippen molar-refractivity contribution in [3.05, 3.63) is 35.0 Å². The Hall–Kier alpha value is -1.52. The predicted molar refractivity (Wildman–Crippen MR) is 65.3 cm³/mol. The van der Waals surface area contributed by atoms with E-state index in [9.17, 15) is 4.79 Å². The lowest BCUT2D eigenvalue weighted by molar-refractivity contribution is 0.0925. The Kier molecular flexibility index (Phi) is 3.66. The Morgan fingerprint density at radius 1 is 1.47 bits per heavy atom. The van der Waals surface area contributed by atoms with Crippen molar-refractivity contribution in [3.8, 4) is 0 Å². The third-order valence-electron chi connectivity index (χ3n) is 2.34. The molecule has 0 bridgehead atoms. The molecule has 2 N–H and O–H groups in total. The van der Waals surface area contributed by atoms with E-state index in [0.29, 0.717) is 23.6 Å². The lowest BCUT2D eigenvalue weighted by Gasteiger charge is -1.99. The van der Waals surface area contributed by atoms with E-state index < -0.39 is 0 Å². The largest absolute Gasteiger partial charge is 0.449 e. The van der Waals surface area contributed by atoms with E-state index in [4.69, 9.17) is 21.1 Å². The summed E-state index contributed by atoms with van der Waals surface area (Å²) in [5.74, 6) is -0.0724. The zero-order chi connectivity index (χ0) is 12.3. The fraction of sp³-hybridized carbons (Fsp3) is 0.250. The van der Waals surface area contributed by atoms with Crippen LogP contribution in [0.2, 0.25) is 5.02 Å². The number of furan rings is 1. The SMILES string of the molecule is O=C(NCCCO)c1cc2cccc(Cl)c2o1. The average molecular weight is 254 g/mol. The Morgan fingerprint density at radius 3 is 3.00 bits per heavy atom. The molecule has 0 radical (unpaired) electrons. The van der Waals surface area contributed by atoms with Crippen LogP contribution in [0.5, 0.6) is 0 Å². The van der Waals surface area contributed by atoms with E-state index in [1.807, 2.05) is 6.07 Å². The maximum Gasteiger partial charge on any atom is 0.287 e. The number of nitrogens with one attached hydrogen (secondary N) is 1. The van der Waals surface area contributed by atoms with Crippen LogP contribution in [-0.2, 0) is 0 Å². The van der Waals surface area contributed by atoms with E-state index in [1.165, 1.54) is 0 Å². The molecule has 5 heteroatoms. The summed E-state index contributed by atoms with van der Waals surface area (Å²) in [4.78, 5) is 11.7. The number of rotatable bonds is 4. The van der Waals surface area contributed by atoms with Gasteiger partial charge >= 0.3 is 0 Å². The number of benzene rings is 1. The molecule has 1 amide bonds. The van der Waals surface area contributed by atoms with Crippen molar-refractivity contribution in [2.24, 2.45) is 0 Å². The molecule has 0 atom stereocenters. The minimum absolute atomic E-state index is 0.0479. The van der Waals surface area contributed by atoms with Gasteiger partial charge in [-0.2, -0.15) is 0 Å². The van der Waals surface area contributed by atoms with Gasteiger partial charge in [-0.15, -0.1) is 0 Å². The lowest BCUT2D eigenvalue weighted by Crippen LogP contribution is -2.24. The van der Waals surface area contributed by atoms with Gasteiger partial charge in [0.1, 0.15) is 0 Å². The Balaban J connectivity index is 2.19. The number of para-hydroxylation sites is 1. The molecule has 0 spiro atoms. The molecular formula is C12H12ClNO3. The second-order valence-electron chi connectivity index (χ2n) is 3.60. The molecule has 1 heterocycles. The molecule has 0 aliphatic rings. The van der Waals surface area contributed by atoms with Gasteiger partial charge in [0.2, 0.25) is 0 Å². The van der Waals surface area contributed by atoms with E-state index in [-0.39, 0.29) is 18.3 Å². The molecule has 2 rings (SSSR count). The number of fused-ring (bicyclic) bond motifs is 1. The molecule has 1 aromatic carbocycles. The van der Waals surface area contributed by atoms with E-state index in [1.54, 1.807) is 18.2 Å². The number of carbonyl (C=O) groups is 1. The highest BCUT2D eigenvalue weighted by molar-refractivity contribution is 6.34. The number of aliphatic hydroxyl groups is 1. The number of aliphatic hydroxyl groups excluding tert-OH is 1. The predicted octanol–water partition coefficient (Wildman–Crippen LogP) is 2.20. The minimum Gasteiger partial charge on any atom is -0.449 e. The number of halogens is 1. The van der Waals surface area contributed by atoms with Crippen LogP contribution in [0.3, 0.4) is 0 Å². The van der Waals surface area contributed by atoms with Gasteiger partial charge < -0.3 is 14.8 Å². The summed E-state index contributed by atoms with van der Waals surface area (Å²) in [5, 5.41) is 12.5. The van der Waals surface area contributed by atoms with Gasteiger partial charge in [-0.25, -0.2) is 0 Å². The molecule has 17 heavy (non-hydrogen) atoms. The maximum absolute atomic E-state index is 11.7. The van der Waals surface area contributed by atoms with Crippen molar-refractivity contribution in [1.29, 1.82) is 0 Å². The van der Waals surface area contributed by atoms with Gasteiger partial charge in [-0.05, 0) is 18.6 Å². The highest BCUT2D eigenvalue weighted by atomic mass is 35.5. The second-order valence-corrected chi connectivity index (χ2v) is 4.01. The fourth-order valence-corrected chi connectivity index (χ4v) is 1.73. The third-order valence-corrected chi connectivity index (χ3v) is 2.64. The van der Waals surface area contributed by atoms with Crippen LogP contribution < -0.4 is 5.32 Å². The van der Waals surface area contributed by atoms with Gasteiger partial charge in [0.25, 0.3) is 5.91 Å². The molecule has 1 aromatic heterocycles. The van der Waals surface area contributed by atoms with E-state index >= 15 is 0 Å². The summed E-state index contributed by atoms with van der Waals surface area (Å²) < 4.78 is 5.38. The zero-order valence-electron chi connectivity index (χ0n) is 9.07. The molecule has 0 aliphatic carbocycles. The Morgan fingerprint density at radius 2 is 2.29 bits per heavy atom. The molecule has 0 saturated carbocycles. The zero-order valence-corrected chi connectivity index (χ0v) is 9.83. The summed E-state index contributed by atoms with van der Waals surface area (Å²) in [6.07, 6.45) is 0.521. The number of hydrogen-bond donors (Lipinski definition) is 2. The highest BCUT2D eigenvalue weighted by Gasteiger charge is 2.12. The van der Waals surface area contributed by atoms with Gasteiger partial charge in [0, 0.05) is 18.5 Å². The fourth-order valence-electron chi connectivity index (χ4n) is 1.51. The van der Waals surface area contributed by atoms with Crippen molar-refractivity contribution in [2.45, 2.75) is 6.42 Å². The van der Waals surface area contributed by atoms with Crippen molar-refractivity contribution in [1.82, 2.24) is 5.32 Å². The van der Waals surface area contributed by atoms with Crippen molar-refractivity contribution in [2.75, 3.05) is 13.2 Å². The summed E-state index contributed by atoms with van der Waals surface area (Å²) in [5.41, 5.74) is 0.515. The number of amides is 1. The smallest absolute Gasteiger partial charge is 0.287 e. The van der Waals surface area contributed by atoms with Gasteiger partial charge in [0.15, 0.2) is 11.3 Å². The van der Waals surface area contributed by atoms with Crippen LogP contribution in [-0.4, -0.2) is 24.2 Å². The molecule has 2 aromatic rings. The quantitative estimate of drug-likeness (QED) is 0.821. The molecule has 90 valence electrons. The van der Waals surface area contributed by atoms with Crippen LogP contribution in [0.25, 0.3) is 11.0 Å². The molecule has 0 saturated heterocycles. The standard InChI is InChI=1S/C12H12ClNO3/c13-9-4-1-3-8-7-10(17-11(8)9)12(16)14-5-2-6-15/h1,3-4,7,15H,2,5-6H2,(H,14,16). The lowest BCUT2D eigenvalue weighted by atomic mass is 10.2. The van der Waals surface area contributed by atoms with Gasteiger partial charge in [0.05, 0.1) is 5.02 Å². The summed E-state index contributed by atoms with van der Waals surface area (Å²) in [6.45, 7) is 0.465. The maximum atomic E-state index is 11.7. The molecule has 0 aliphatic heterocycles. The van der Waals surface area contributed by atoms with Crippen LogP contribution in [0.15, 0.2) is 28.7 Å². The first-order valence-electron chi connectivity index (χ1n) is 5.29. The highest BCUT2D eigenvalue weighted by Crippen LogP contribution is 2.26. The van der Waals surface area contributed by atoms with Crippen LogP contribution in [0.4, 0.5) is 0 Å². The van der Waals surface area contributed by atoms with Crippen molar-refractivity contribution >= 4 is 28.5 Å². The molecular weight excluding hydrogens is 242 g/mol. The normalized spacial score (nSPS) is 10.7. The van der Waals surface area contributed by atoms with E-state index in [2.05, 4.69) is 5.32 Å². The third kappa shape index (κ3) is 2.60. The Labute approximate surface area is 103 Å². The summed E-state index contributed by atoms with van der Waals surface area (Å²) in [6, 6.07) is 6.99. The second kappa shape index (κ2) is 5.21. The summed E-state index contributed by atoms with van der Waals surface area (Å²) in [7, 11) is 0. The first-order chi connectivity index (χ1) is 8.22. The number of carbonyl (C=O) groups excluding carboxylic acids is 1. The van der Waals surface area contributed by atoms with Crippen LogP contribution >= 0.6 is 11.6 Å². The van der Waals surface area contributed by atoms with Crippen LogP contribution in [0.1, 0.15) is 17.0 Å². The average Bonchev–Trinajstić information content (AvgIpc) is 2.75. The summed E-state index contributed by atoms with van der Waals surface area (Å²) >= 11 is 5.94.